The van der Waals surface area contributed by atoms with Gasteiger partial charge < -0.3 is 19.4 Å². The van der Waals surface area contributed by atoms with Crippen LogP contribution in [0.1, 0.15) is 0 Å². The van der Waals surface area contributed by atoms with Gasteiger partial charge in [-0.25, -0.2) is 0 Å². The van der Waals surface area contributed by atoms with E-state index in [-0.39, 0.29) is 12.2 Å². The first-order chi connectivity index (χ1) is 9.88. The lowest BCUT2D eigenvalue weighted by Gasteiger charge is -2.42. The topological polar surface area (TPSA) is 63.4 Å². The molecule has 2 saturated heterocycles. The molecule has 6 nitrogen and oxygen atoms in total. The van der Waals surface area contributed by atoms with Gasteiger partial charge in [-0.2, -0.15) is 0 Å². The third-order valence-electron chi connectivity index (χ3n) is 3.77. The molecule has 0 aliphatic carbocycles. The van der Waals surface area contributed by atoms with E-state index >= 15 is 0 Å². The lowest BCUT2D eigenvalue weighted by Crippen LogP contribution is -2.58. The van der Waals surface area contributed by atoms with Crippen LogP contribution in [0.5, 0.6) is 0 Å². The van der Waals surface area contributed by atoms with Crippen molar-refractivity contribution in [1.82, 2.24) is 15.5 Å². The van der Waals surface area contributed by atoms with Crippen LogP contribution < -0.4 is 10.2 Å². The average molecular weight is 272 g/mol. The molecule has 20 heavy (non-hydrogen) atoms. The van der Waals surface area contributed by atoms with Crippen LogP contribution in [-0.4, -0.2) is 48.6 Å². The molecule has 2 aromatic rings. The van der Waals surface area contributed by atoms with Crippen LogP contribution in [0.4, 0.5) is 5.82 Å². The summed E-state index contributed by atoms with van der Waals surface area (Å²) in [4.78, 5) is 2.26. The highest BCUT2D eigenvalue weighted by atomic mass is 16.5. The minimum absolute atomic E-state index is 0.248. The number of morpholine rings is 2. The van der Waals surface area contributed by atoms with Crippen molar-refractivity contribution in [3.63, 3.8) is 0 Å². The predicted octanol–water partition coefficient (Wildman–Crippen LogP) is 0.914. The molecule has 4 heterocycles. The van der Waals surface area contributed by atoms with E-state index in [1.165, 1.54) is 0 Å². The Morgan fingerprint density at radius 1 is 1.10 bits per heavy atom. The number of hydrogen-bond donors (Lipinski definition) is 1. The van der Waals surface area contributed by atoms with E-state index in [0.29, 0.717) is 0 Å². The molecule has 2 atom stereocenters. The number of fused-ring (bicyclic) bond motifs is 2. The number of hydrogen-bond acceptors (Lipinski definition) is 6. The first kappa shape index (κ1) is 11.9. The molecule has 2 aliphatic heterocycles. The third kappa shape index (κ3) is 2.17. The van der Waals surface area contributed by atoms with Crippen molar-refractivity contribution < 1.29 is 9.15 Å². The Labute approximate surface area is 116 Å². The molecular weight excluding hydrogens is 256 g/mol. The Hall–Kier alpha value is -1.92. The van der Waals surface area contributed by atoms with Gasteiger partial charge in [-0.1, -0.05) is 0 Å². The van der Waals surface area contributed by atoms with Crippen LogP contribution in [0.2, 0.25) is 0 Å². The molecule has 2 fully saturated rings. The Bertz CT molecular complexity index is 557. The normalized spacial score (nSPS) is 25.7. The third-order valence-corrected chi connectivity index (χ3v) is 3.77. The largest absolute Gasteiger partial charge is 0.472 e. The van der Waals surface area contributed by atoms with Crippen LogP contribution in [0.15, 0.2) is 35.1 Å². The maximum Gasteiger partial charge on any atom is 0.151 e. The van der Waals surface area contributed by atoms with E-state index in [1.807, 2.05) is 18.2 Å². The van der Waals surface area contributed by atoms with E-state index in [0.717, 1.165) is 43.3 Å². The second-order valence-corrected chi connectivity index (χ2v) is 5.23. The van der Waals surface area contributed by atoms with Crippen LogP contribution in [0, 0.1) is 0 Å². The molecule has 1 N–H and O–H groups in total. The molecule has 0 amide bonds. The minimum Gasteiger partial charge on any atom is -0.472 e. The summed E-state index contributed by atoms with van der Waals surface area (Å²) < 4.78 is 11.0. The number of furan rings is 1. The summed E-state index contributed by atoms with van der Waals surface area (Å²) in [6.45, 7) is 3.55. The van der Waals surface area contributed by atoms with Gasteiger partial charge in [-0.3, -0.25) is 0 Å². The Balaban J connectivity index is 1.54. The number of nitrogens with zero attached hydrogens (tertiary/aromatic N) is 3. The van der Waals surface area contributed by atoms with Crippen LogP contribution >= 0.6 is 0 Å². The zero-order valence-electron chi connectivity index (χ0n) is 11.0. The Morgan fingerprint density at radius 2 is 1.95 bits per heavy atom. The van der Waals surface area contributed by atoms with Crippen molar-refractivity contribution in [1.29, 1.82) is 0 Å². The molecule has 6 heteroatoms. The zero-order valence-corrected chi connectivity index (χ0v) is 11.0. The van der Waals surface area contributed by atoms with E-state index in [1.54, 1.807) is 12.5 Å². The van der Waals surface area contributed by atoms with Gasteiger partial charge in [0.05, 0.1) is 30.4 Å². The number of anilines is 1. The summed E-state index contributed by atoms with van der Waals surface area (Å²) in [6.07, 6.45) is 3.81. The van der Waals surface area contributed by atoms with Crippen molar-refractivity contribution in [3.05, 3.63) is 30.7 Å². The lowest BCUT2D eigenvalue weighted by molar-refractivity contribution is -0.0486. The van der Waals surface area contributed by atoms with Crippen molar-refractivity contribution >= 4 is 5.82 Å². The zero-order chi connectivity index (χ0) is 13.4. The molecule has 0 spiro atoms. The number of nitrogens with one attached hydrogen (secondary N) is 1. The van der Waals surface area contributed by atoms with E-state index < -0.39 is 0 Å². The Kier molecular flexibility index (Phi) is 2.90. The number of ether oxygens (including phenoxy) is 1. The maximum atomic E-state index is 5.89. The van der Waals surface area contributed by atoms with E-state index in [4.69, 9.17) is 9.15 Å². The molecule has 0 saturated carbocycles. The van der Waals surface area contributed by atoms with E-state index in [9.17, 15) is 0 Å². The SMILES string of the molecule is c1cc(-c2ccc(N3CC4CNCC(C3)O4)nn2)co1. The fourth-order valence-corrected chi connectivity index (χ4v) is 2.80. The summed E-state index contributed by atoms with van der Waals surface area (Å²) in [5, 5.41) is 12.0. The Morgan fingerprint density at radius 3 is 2.60 bits per heavy atom. The molecule has 2 unspecified atom stereocenters. The van der Waals surface area contributed by atoms with Crippen molar-refractivity contribution in [3.8, 4) is 11.3 Å². The first-order valence-corrected chi connectivity index (χ1v) is 6.86. The molecule has 4 rings (SSSR count). The average Bonchev–Trinajstić information content (AvgIpc) is 3.01. The van der Waals surface area contributed by atoms with Crippen molar-refractivity contribution in [2.24, 2.45) is 0 Å². The molecule has 2 aromatic heterocycles. The van der Waals surface area contributed by atoms with Crippen LogP contribution in [0.3, 0.4) is 0 Å². The first-order valence-electron chi connectivity index (χ1n) is 6.86. The second-order valence-electron chi connectivity index (χ2n) is 5.23. The van der Waals surface area contributed by atoms with Gasteiger partial charge in [0.15, 0.2) is 5.82 Å². The van der Waals surface area contributed by atoms with E-state index in [2.05, 4.69) is 20.4 Å². The summed E-state index contributed by atoms with van der Waals surface area (Å²) in [5.74, 6) is 0.914. The fraction of sp³-hybridized carbons (Fsp3) is 0.429. The van der Waals surface area contributed by atoms with Crippen LogP contribution in [-0.2, 0) is 4.74 Å². The predicted molar refractivity (Wildman–Crippen MR) is 73.5 cm³/mol. The maximum absolute atomic E-state index is 5.89. The van der Waals surface area contributed by atoms with Crippen molar-refractivity contribution in [2.45, 2.75) is 12.2 Å². The molecular formula is C14H16N4O2. The number of rotatable bonds is 2. The van der Waals surface area contributed by atoms with Gasteiger partial charge >= 0.3 is 0 Å². The highest BCUT2D eigenvalue weighted by Gasteiger charge is 2.31. The molecule has 0 radical (unpaired) electrons. The second kappa shape index (κ2) is 4.88. The summed E-state index contributed by atoms with van der Waals surface area (Å²) in [7, 11) is 0. The molecule has 0 aromatic carbocycles. The summed E-state index contributed by atoms with van der Waals surface area (Å²) in [6, 6.07) is 5.88. The van der Waals surface area contributed by atoms with Gasteiger partial charge in [0, 0.05) is 31.7 Å². The summed E-state index contributed by atoms with van der Waals surface area (Å²) >= 11 is 0. The van der Waals surface area contributed by atoms with Gasteiger partial charge in [0.2, 0.25) is 0 Å². The minimum atomic E-state index is 0.248. The molecule has 2 aliphatic rings. The quantitative estimate of drug-likeness (QED) is 0.877. The highest BCUT2D eigenvalue weighted by molar-refractivity contribution is 5.58. The van der Waals surface area contributed by atoms with Gasteiger partial charge in [0.25, 0.3) is 0 Å². The smallest absolute Gasteiger partial charge is 0.151 e. The highest BCUT2D eigenvalue weighted by Crippen LogP contribution is 2.22. The van der Waals surface area contributed by atoms with Gasteiger partial charge in [-0.15, -0.1) is 10.2 Å². The lowest BCUT2D eigenvalue weighted by atomic mass is 10.1. The molecule has 2 bridgehead atoms. The monoisotopic (exact) mass is 272 g/mol. The standard InChI is InChI=1S/C14H16N4O2/c1-2-14(17-16-13(1)10-3-4-19-9-10)18-7-11-5-15-6-12(8-18)20-11/h1-4,9,11-12,15H,5-8H2. The van der Waals surface area contributed by atoms with Gasteiger partial charge in [0.1, 0.15) is 0 Å². The molecule has 104 valence electrons. The van der Waals surface area contributed by atoms with Crippen LogP contribution in [0.25, 0.3) is 11.3 Å². The summed E-state index contributed by atoms with van der Waals surface area (Å²) in [5.41, 5.74) is 1.78. The van der Waals surface area contributed by atoms with Gasteiger partial charge in [-0.05, 0) is 18.2 Å². The van der Waals surface area contributed by atoms with Crippen molar-refractivity contribution in [2.75, 3.05) is 31.1 Å². The fourth-order valence-electron chi connectivity index (χ4n) is 2.80. The number of aromatic nitrogens is 2.